The second kappa shape index (κ2) is 5.88. The first-order valence-corrected chi connectivity index (χ1v) is 7.16. The summed E-state index contributed by atoms with van der Waals surface area (Å²) in [5, 5.41) is 3.38. The molecule has 1 N–H and O–H groups in total. The molecular formula is C17H13BrN2. The Labute approximate surface area is 126 Å². The maximum Gasteiger partial charge on any atom is 0.138 e. The van der Waals surface area contributed by atoms with Crippen molar-refractivity contribution in [3.8, 4) is 11.1 Å². The minimum atomic E-state index is 0.852. The van der Waals surface area contributed by atoms with Crippen molar-refractivity contribution >= 4 is 27.4 Å². The molecule has 3 aromatic rings. The number of para-hydroxylation sites is 1. The van der Waals surface area contributed by atoms with Crippen molar-refractivity contribution in [2.24, 2.45) is 0 Å². The van der Waals surface area contributed by atoms with Crippen molar-refractivity contribution in [3.63, 3.8) is 0 Å². The monoisotopic (exact) mass is 324 g/mol. The van der Waals surface area contributed by atoms with Gasteiger partial charge in [-0.25, -0.2) is 4.98 Å². The molecule has 0 unspecified atom stereocenters. The van der Waals surface area contributed by atoms with Crippen LogP contribution in [-0.4, -0.2) is 4.98 Å². The molecule has 0 bridgehead atoms. The van der Waals surface area contributed by atoms with Gasteiger partial charge < -0.3 is 5.32 Å². The van der Waals surface area contributed by atoms with Crippen LogP contribution in [-0.2, 0) is 0 Å². The largest absolute Gasteiger partial charge is 0.339 e. The summed E-state index contributed by atoms with van der Waals surface area (Å²) in [5.74, 6) is 0.852. The zero-order valence-electron chi connectivity index (χ0n) is 10.8. The van der Waals surface area contributed by atoms with E-state index in [2.05, 4.69) is 44.4 Å². The number of benzene rings is 2. The normalized spacial score (nSPS) is 10.2. The molecule has 20 heavy (non-hydrogen) atoms. The zero-order chi connectivity index (χ0) is 13.8. The van der Waals surface area contributed by atoms with E-state index >= 15 is 0 Å². The third-order valence-electron chi connectivity index (χ3n) is 3.02. The van der Waals surface area contributed by atoms with Gasteiger partial charge in [0.2, 0.25) is 0 Å². The van der Waals surface area contributed by atoms with Crippen molar-refractivity contribution < 1.29 is 0 Å². The minimum Gasteiger partial charge on any atom is -0.339 e. The van der Waals surface area contributed by atoms with Crippen molar-refractivity contribution in [1.29, 1.82) is 0 Å². The van der Waals surface area contributed by atoms with Crippen LogP contribution >= 0.6 is 15.9 Å². The van der Waals surface area contributed by atoms with Gasteiger partial charge in [0.1, 0.15) is 5.82 Å². The lowest BCUT2D eigenvalue weighted by molar-refractivity contribution is 1.30. The fourth-order valence-corrected chi connectivity index (χ4v) is 2.43. The van der Waals surface area contributed by atoms with Crippen molar-refractivity contribution in [1.82, 2.24) is 4.98 Å². The second-order valence-electron chi connectivity index (χ2n) is 4.37. The Morgan fingerprint density at radius 2 is 1.55 bits per heavy atom. The van der Waals surface area contributed by atoms with Crippen molar-refractivity contribution in [3.05, 3.63) is 77.4 Å². The van der Waals surface area contributed by atoms with Crippen LogP contribution in [0.25, 0.3) is 11.1 Å². The fourth-order valence-electron chi connectivity index (χ4n) is 2.05. The molecule has 0 aliphatic rings. The van der Waals surface area contributed by atoms with Crippen LogP contribution in [0.4, 0.5) is 11.5 Å². The van der Waals surface area contributed by atoms with E-state index in [1.54, 1.807) is 6.20 Å². The zero-order valence-corrected chi connectivity index (χ0v) is 12.3. The number of pyridine rings is 1. The van der Waals surface area contributed by atoms with Crippen LogP contribution in [0.2, 0.25) is 0 Å². The fraction of sp³-hybridized carbons (Fsp3) is 0. The Balaban J connectivity index is 2.01. The van der Waals surface area contributed by atoms with Gasteiger partial charge in [0, 0.05) is 16.2 Å². The minimum absolute atomic E-state index is 0.852. The number of halogens is 1. The molecule has 0 atom stereocenters. The lowest BCUT2D eigenvalue weighted by Crippen LogP contribution is -1.96. The number of nitrogens with zero attached hydrogens (tertiary/aromatic N) is 1. The van der Waals surface area contributed by atoms with Gasteiger partial charge in [-0.2, -0.15) is 0 Å². The molecule has 98 valence electrons. The third-order valence-corrected chi connectivity index (χ3v) is 3.71. The third kappa shape index (κ3) is 2.73. The smallest absolute Gasteiger partial charge is 0.138 e. The number of aromatic nitrogens is 1. The first-order chi connectivity index (χ1) is 9.84. The summed E-state index contributed by atoms with van der Waals surface area (Å²) in [4.78, 5) is 4.46. The maximum absolute atomic E-state index is 4.46. The Morgan fingerprint density at radius 3 is 2.35 bits per heavy atom. The van der Waals surface area contributed by atoms with Crippen LogP contribution in [0.5, 0.6) is 0 Å². The number of rotatable bonds is 3. The molecule has 3 rings (SSSR count). The Kier molecular flexibility index (Phi) is 3.79. The molecule has 0 aliphatic carbocycles. The van der Waals surface area contributed by atoms with E-state index in [0.29, 0.717) is 0 Å². The SMILES string of the molecule is Brc1ccccc1Nc1ncccc1-c1ccccc1. The van der Waals surface area contributed by atoms with Crippen molar-refractivity contribution in [2.75, 3.05) is 5.32 Å². The maximum atomic E-state index is 4.46. The van der Waals surface area contributed by atoms with E-state index in [1.807, 2.05) is 48.5 Å². The molecule has 0 aliphatic heterocycles. The molecule has 0 spiro atoms. The Morgan fingerprint density at radius 1 is 0.800 bits per heavy atom. The van der Waals surface area contributed by atoms with E-state index in [4.69, 9.17) is 0 Å². The Bertz CT molecular complexity index is 711. The van der Waals surface area contributed by atoms with E-state index in [0.717, 1.165) is 27.1 Å². The molecule has 0 amide bonds. The highest BCUT2D eigenvalue weighted by Crippen LogP contribution is 2.30. The molecule has 0 fully saturated rings. The van der Waals surface area contributed by atoms with Gasteiger partial charge in [-0.05, 0) is 45.8 Å². The van der Waals surface area contributed by atoms with E-state index in [-0.39, 0.29) is 0 Å². The van der Waals surface area contributed by atoms with Gasteiger partial charge in [-0.15, -0.1) is 0 Å². The van der Waals surface area contributed by atoms with Gasteiger partial charge >= 0.3 is 0 Å². The van der Waals surface area contributed by atoms with E-state index < -0.39 is 0 Å². The summed E-state index contributed by atoms with van der Waals surface area (Å²) in [6.07, 6.45) is 1.80. The topological polar surface area (TPSA) is 24.9 Å². The molecule has 2 nitrogen and oxygen atoms in total. The lowest BCUT2D eigenvalue weighted by atomic mass is 10.1. The highest BCUT2D eigenvalue weighted by Gasteiger charge is 2.07. The highest BCUT2D eigenvalue weighted by molar-refractivity contribution is 9.10. The molecular weight excluding hydrogens is 312 g/mol. The molecule has 0 saturated carbocycles. The Hall–Kier alpha value is -2.13. The predicted molar refractivity (Wildman–Crippen MR) is 87.1 cm³/mol. The summed E-state index contributed by atoms with van der Waals surface area (Å²) in [6.45, 7) is 0. The average molecular weight is 325 g/mol. The predicted octanol–water partition coefficient (Wildman–Crippen LogP) is 5.25. The molecule has 0 radical (unpaired) electrons. The van der Waals surface area contributed by atoms with Crippen LogP contribution in [0.3, 0.4) is 0 Å². The molecule has 1 heterocycles. The summed E-state index contributed by atoms with van der Waals surface area (Å²) in [7, 11) is 0. The first-order valence-electron chi connectivity index (χ1n) is 6.36. The van der Waals surface area contributed by atoms with Crippen LogP contribution < -0.4 is 5.32 Å². The van der Waals surface area contributed by atoms with E-state index in [1.165, 1.54) is 0 Å². The number of hydrogen-bond acceptors (Lipinski definition) is 2. The van der Waals surface area contributed by atoms with Gasteiger partial charge in [-0.1, -0.05) is 42.5 Å². The summed E-state index contributed by atoms with van der Waals surface area (Å²) in [5.41, 5.74) is 3.24. The quantitative estimate of drug-likeness (QED) is 0.711. The summed E-state index contributed by atoms with van der Waals surface area (Å²) in [6, 6.07) is 22.3. The summed E-state index contributed by atoms with van der Waals surface area (Å²) >= 11 is 3.54. The van der Waals surface area contributed by atoms with Crippen molar-refractivity contribution in [2.45, 2.75) is 0 Å². The standard InChI is InChI=1S/C17H13BrN2/c18-15-10-4-5-11-16(15)20-17-14(9-6-12-19-17)13-7-2-1-3-8-13/h1-12H,(H,19,20). The lowest BCUT2D eigenvalue weighted by Gasteiger charge is -2.12. The number of hydrogen-bond donors (Lipinski definition) is 1. The number of anilines is 2. The average Bonchev–Trinajstić information content (AvgIpc) is 2.51. The second-order valence-corrected chi connectivity index (χ2v) is 5.22. The van der Waals surface area contributed by atoms with Gasteiger partial charge in [0.15, 0.2) is 0 Å². The van der Waals surface area contributed by atoms with E-state index in [9.17, 15) is 0 Å². The molecule has 2 aromatic carbocycles. The first kappa shape index (κ1) is 12.9. The van der Waals surface area contributed by atoms with Crippen LogP contribution in [0.15, 0.2) is 77.4 Å². The summed E-state index contributed by atoms with van der Waals surface area (Å²) < 4.78 is 1.02. The van der Waals surface area contributed by atoms with Crippen LogP contribution in [0.1, 0.15) is 0 Å². The van der Waals surface area contributed by atoms with Gasteiger partial charge in [0.05, 0.1) is 5.69 Å². The molecule has 0 saturated heterocycles. The molecule has 3 heteroatoms. The number of nitrogens with one attached hydrogen (secondary N) is 1. The van der Waals surface area contributed by atoms with Gasteiger partial charge in [-0.3, -0.25) is 0 Å². The molecule has 1 aromatic heterocycles. The van der Waals surface area contributed by atoms with Gasteiger partial charge in [0.25, 0.3) is 0 Å². The van der Waals surface area contributed by atoms with Crippen LogP contribution in [0, 0.1) is 0 Å². The highest BCUT2D eigenvalue weighted by atomic mass is 79.9.